The molecule has 1 aromatic heterocycles. The van der Waals surface area contributed by atoms with Crippen molar-refractivity contribution in [1.82, 2.24) is 19.8 Å². The largest absolute Gasteiger partial charge is 0.394 e. The van der Waals surface area contributed by atoms with Crippen LogP contribution in [0.5, 0.6) is 0 Å². The number of nitrogens with zero attached hydrogens (tertiary/aromatic N) is 2. The molecule has 0 radical (unpaired) electrons. The Kier molecular flexibility index (Phi) is 6.63. The first kappa shape index (κ1) is 24.5. The molecule has 14 heteroatoms. The maximum Gasteiger partial charge on any atom is 0.330 e. The number of aromatic amines is 1. The van der Waals surface area contributed by atoms with E-state index in [-0.39, 0.29) is 31.4 Å². The van der Waals surface area contributed by atoms with E-state index in [0.29, 0.717) is 0 Å². The van der Waals surface area contributed by atoms with Crippen molar-refractivity contribution in [3.8, 4) is 0 Å². The van der Waals surface area contributed by atoms with Crippen LogP contribution >= 0.6 is 0 Å². The Morgan fingerprint density at radius 3 is 2.21 bits per heavy atom. The van der Waals surface area contributed by atoms with Gasteiger partial charge < -0.3 is 29.9 Å². The topological polar surface area (TPSA) is 204 Å². The number of imide groups is 1. The van der Waals surface area contributed by atoms with Crippen molar-refractivity contribution in [2.24, 2.45) is 5.41 Å². The fourth-order valence-electron chi connectivity index (χ4n) is 4.62. The van der Waals surface area contributed by atoms with E-state index in [0.717, 1.165) is 4.57 Å². The molecule has 4 rings (SSSR count). The van der Waals surface area contributed by atoms with Crippen molar-refractivity contribution in [3.05, 3.63) is 32.6 Å². The summed E-state index contributed by atoms with van der Waals surface area (Å²) in [5.74, 6) is -0.629. The zero-order valence-electron chi connectivity index (χ0n) is 18.4. The summed E-state index contributed by atoms with van der Waals surface area (Å²) in [5, 5.41) is 40.8. The van der Waals surface area contributed by atoms with Crippen LogP contribution in [0, 0.1) is 5.41 Å². The predicted molar refractivity (Wildman–Crippen MR) is 111 cm³/mol. The molecule has 3 aliphatic rings. The van der Waals surface area contributed by atoms with E-state index >= 15 is 0 Å². The molecule has 6 N–H and O–H groups in total. The number of hydrogen-bond donors (Lipinski definition) is 6. The molecular weight excluding hydrogens is 456 g/mol. The van der Waals surface area contributed by atoms with Gasteiger partial charge in [-0.25, -0.2) is 9.59 Å². The molecule has 3 amide bonds. The lowest BCUT2D eigenvalue weighted by Crippen LogP contribution is -2.62. The number of amides is 3. The number of carbonyl (C=O) groups is 2. The Morgan fingerprint density at radius 1 is 1.03 bits per heavy atom. The number of aliphatic hydroxyl groups excluding tert-OH is 4. The Bertz CT molecular complexity index is 1070. The van der Waals surface area contributed by atoms with Gasteiger partial charge in [0.15, 0.2) is 0 Å². The van der Waals surface area contributed by atoms with Crippen molar-refractivity contribution in [3.63, 3.8) is 0 Å². The fourth-order valence-corrected chi connectivity index (χ4v) is 4.62. The number of ether oxygens (including phenoxy) is 2. The first-order valence-electron chi connectivity index (χ1n) is 10.9. The highest BCUT2D eigenvalue weighted by atomic mass is 16.5. The number of rotatable bonds is 6. The summed E-state index contributed by atoms with van der Waals surface area (Å²) in [6.45, 7) is 0.523. The van der Waals surface area contributed by atoms with Crippen molar-refractivity contribution >= 4 is 11.9 Å². The summed E-state index contributed by atoms with van der Waals surface area (Å²) >= 11 is 0. The van der Waals surface area contributed by atoms with Gasteiger partial charge in [-0.2, -0.15) is 0 Å². The average Bonchev–Trinajstić information content (AvgIpc) is 3.34. The molecule has 3 saturated heterocycles. The van der Waals surface area contributed by atoms with Crippen LogP contribution in [0.1, 0.15) is 31.6 Å². The molecule has 3 aliphatic heterocycles. The second-order valence-electron chi connectivity index (χ2n) is 9.18. The standard InChI is InChI=1S/C20H28N4O10/c1-20(8-24(19(32)22-17(20)30)15-3-11(28)13(7-26)34-15)4-9-5-23(18(31)21-16(9)29)14-2-10(27)12(6-25)33-14/h5,10-15,25-28H,2-4,6-8H2,1H3,(H,21,29,31)(H,22,30,32)/t10-,11+,12+,13-,14+,15-,20+/m1/s1. The Labute approximate surface area is 192 Å². The molecule has 4 heterocycles. The van der Waals surface area contributed by atoms with Crippen molar-refractivity contribution in [2.75, 3.05) is 19.8 Å². The molecule has 14 nitrogen and oxygen atoms in total. The molecule has 3 fully saturated rings. The molecule has 0 aliphatic carbocycles. The van der Waals surface area contributed by atoms with Crippen LogP contribution in [0.25, 0.3) is 0 Å². The monoisotopic (exact) mass is 484 g/mol. The second kappa shape index (κ2) is 9.20. The smallest absolute Gasteiger partial charge is 0.330 e. The summed E-state index contributed by atoms with van der Waals surface area (Å²) in [6, 6.07) is -0.722. The van der Waals surface area contributed by atoms with Gasteiger partial charge >= 0.3 is 11.7 Å². The van der Waals surface area contributed by atoms with Crippen LogP contribution in [-0.4, -0.2) is 97.2 Å². The molecule has 0 spiro atoms. The van der Waals surface area contributed by atoms with Crippen LogP contribution in [0.3, 0.4) is 0 Å². The number of H-pyrrole nitrogens is 1. The Morgan fingerprint density at radius 2 is 1.62 bits per heavy atom. The molecule has 0 bridgehead atoms. The SMILES string of the molecule is C[C@]1(Cc2cn([C@@H]3C[C@@H](O)[C@H](CO)O3)c(=O)[nH]c2=O)CN([C@H]2C[C@H](O)[C@@H](CO)O2)C(=O)NC1=O. The summed E-state index contributed by atoms with van der Waals surface area (Å²) < 4.78 is 12.1. The third kappa shape index (κ3) is 4.39. The molecule has 0 aromatic carbocycles. The zero-order chi connectivity index (χ0) is 24.8. The lowest BCUT2D eigenvalue weighted by atomic mass is 9.81. The summed E-state index contributed by atoms with van der Waals surface area (Å²) in [6.07, 6.45) is -4.38. The zero-order valence-corrected chi connectivity index (χ0v) is 18.4. The predicted octanol–water partition coefficient (Wildman–Crippen LogP) is -3.25. The molecule has 188 valence electrons. The number of urea groups is 1. The maximum atomic E-state index is 12.8. The molecule has 0 saturated carbocycles. The van der Waals surface area contributed by atoms with Crippen molar-refractivity contribution in [2.45, 2.75) is 63.1 Å². The fraction of sp³-hybridized carbons (Fsp3) is 0.700. The van der Waals surface area contributed by atoms with E-state index in [1.165, 1.54) is 11.1 Å². The normalized spacial score (nSPS) is 36.2. The molecular formula is C20H28N4O10. The Balaban J connectivity index is 1.58. The minimum absolute atomic E-state index is 0.0179. The molecule has 0 unspecified atom stereocenters. The van der Waals surface area contributed by atoms with E-state index in [2.05, 4.69) is 10.3 Å². The van der Waals surface area contributed by atoms with Crippen LogP contribution in [0.4, 0.5) is 4.79 Å². The van der Waals surface area contributed by atoms with E-state index < -0.39 is 78.7 Å². The van der Waals surface area contributed by atoms with Crippen molar-refractivity contribution < 1.29 is 39.5 Å². The third-order valence-electron chi connectivity index (χ3n) is 6.60. The average molecular weight is 484 g/mol. The first-order valence-corrected chi connectivity index (χ1v) is 10.9. The first-order chi connectivity index (χ1) is 16.1. The van der Waals surface area contributed by atoms with Gasteiger partial charge in [-0.3, -0.25) is 29.4 Å². The highest BCUT2D eigenvalue weighted by Crippen LogP contribution is 2.32. The van der Waals surface area contributed by atoms with Crippen LogP contribution < -0.4 is 16.6 Å². The van der Waals surface area contributed by atoms with Gasteiger partial charge in [0.05, 0.1) is 30.8 Å². The van der Waals surface area contributed by atoms with Gasteiger partial charge in [-0.15, -0.1) is 0 Å². The number of aromatic nitrogens is 2. The van der Waals surface area contributed by atoms with Gasteiger partial charge in [0, 0.05) is 31.1 Å². The highest BCUT2D eigenvalue weighted by molar-refractivity contribution is 6.00. The van der Waals surface area contributed by atoms with Gasteiger partial charge in [-0.05, 0) is 13.3 Å². The highest BCUT2D eigenvalue weighted by Gasteiger charge is 2.48. The van der Waals surface area contributed by atoms with E-state index in [4.69, 9.17) is 9.47 Å². The molecule has 1 aromatic rings. The van der Waals surface area contributed by atoms with E-state index in [9.17, 15) is 39.6 Å². The van der Waals surface area contributed by atoms with E-state index in [1.807, 2.05) is 0 Å². The molecule has 34 heavy (non-hydrogen) atoms. The molecule has 7 atom stereocenters. The van der Waals surface area contributed by atoms with Crippen molar-refractivity contribution in [1.29, 1.82) is 0 Å². The minimum atomic E-state index is -1.29. The lowest BCUT2D eigenvalue weighted by Gasteiger charge is -2.41. The van der Waals surface area contributed by atoms with Gasteiger partial charge in [0.1, 0.15) is 24.7 Å². The van der Waals surface area contributed by atoms with Gasteiger partial charge in [0.25, 0.3) is 5.56 Å². The lowest BCUT2D eigenvalue weighted by molar-refractivity contribution is -0.136. The summed E-state index contributed by atoms with van der Waals surface area (Å²) in [5.41, 5.74) is -2.72. The van der Waals surface area contributed by atoms with Gasteiger partial charge in [0.2, 0.25) is 5.91 Å². The van der Waals surface area contributed by atoms with E-state index in [1.54, 1.807) is 6.92 Å². The summed E-state index contributed by atoms with van der Waals surface area (Å²) in [4.78, 5) is 53.5. The van der Waals surface area contributed by atoms with Crippen LogP contribution in [0.15, 0.2) is 15.8 Å². The van der Waals surface area contributed by atoms with Crippen LogP contribution in [0.2, 0.25) is 0 Å². The number of carbonyl (C=O) groups excluding carboxylic acids is 2. The number of hydrogen-bond acceptors (Lipinski definition) is 10. The maximum absolute atomic E-state index is 12.8. The van der Waals surface area contributed by atoms with Gasteiger partial charge in [-0.1, -0.05) is 0 Å². The third-order valence-corrected chi connectivity index (χ3v) is 6.60. The number of nitrogens with one attached hydrogen (secondary N) is 2. The Hall–Kier alpha value is -2.62. The quantitative estimate of drug-likeness (QED) is 0.238. The second-order valence-corrected chi connectivity index (χ2v) is 9.18. The minimum Gasteiger partial charge on any atom is -0.394 e. The summed E-state index contributed by atoms with van der Waals surface area (Å²) in [7, 11) is 0. The number of aliphatic hydroxyl groups is 4. The van der Waals surface area contributed by atoms with Crippen LogP contribution in [-0.2, 0) is 20.7 Å².